The average Bonchev–Trinajstić information content (AvgIpc) is 2.20. The van der Waals surface area contributed by atoms with E-state index >= 15 is 0 Å². The smallest absolute Gasteiger partial charge is 0.494 e. The molecule has 0 atom stereocenters. The van der Waals surface area contributed by atoms with E-state index in [9.17, 15) is 13.2 Å². The Morgan fingerprint density at radius 2 is 2.06 bits per heavy atom. The van der Waals surface area contributed by atoms with Crippen molar-refractivity contribution in [2.24, 2.45) is 0 Å². The summed E-state index contributed by atoms with van der Waals surface area (Å²) in [4.78, 5) is 0. The highest BCUT2D eigenvalue weighted by atomic mass is 19.4. The molecule has 92 valence electrons. The van der Waals surface area contributed by atoms with Crippen LogP contribution in [-0.2, 0) is 6.42 Å². The summed E-state index contributed by atoms with van der Waals surface area (Å²) in [5.41, 5.74) is 0.371. The van der Waals surface area contributed by atoms with Crippen molar-refractivity contribution in [1.29, 1.82) is 5.26 Å². The Morgan fingerprint density at radius 3 is 2.59 bits per heavy atom. The first-order valence-electron chi connectivity index (χ1n) is 4.84. The number of halogens is 3. The van der Waals surface area contributed by atoms with Gasteiger partial charge in [-0.1, -0.05) is 0 Å². The third kappa shape index (κ3) is 4.23. The van der Waals surface area contributed by atoms with E-state index < -0.39 is 6.36 Å². The van der Waals surface area contributed by atoms with Crippen LogP contribution in [0.25, 0.3) is 0 Å². The predicted molar refractivity (Wildman–Crippen MR) is 53.6 cm³/mol. The lowest BCUT2D eigenvalue weighted by atomic mass is 10.1. The van der Waals surface area contributed by atoms with Crippen LogP contribution in [0.4, 0.5) is 13.2 Å². The van der Waals surface area contributed by atoms with E-state index in [1.54, 1.807) is 6.92 Å². The van der Waals surface area contributed by atoms with Gasteiger partial charge in [-0.2, -0.15) is 5.26 Å². The third-order valence-electron chi connectivity index (χ3n) is 1.83. The zero-order valence-corrected chi connectivity index (χ0v) is 9.04. The zero-order valence-electron chi connectivity index (χ0n) is 9.04. The molecule has 0 aliphatic rings. The highest BCUT2D eigenvalue weighted by Crippen LogP contribution is 2.28. The number of benzene rings is 1. The first-order chi connectivity index (χ1) is 7.96. The highest BCUT2D eigenvalue weighted by molar-refractivity contribution is 5.41. The van der Waals surface area contributed by atoms with Gasteiger partial charge in [0.05, 0.1) is 19.1 Å². The normalized spacial score (nSPS) is 10.8. The van der Waals surface area contributed by atoms with E-state index in [1.165, 1.54) is 6.07 Å². The van der Waals surface area contributed by atoms with Crippen molar-refractivity contribution in [2.75, 3.05) is 6.61 Å². The van der Waals surface area contributed by atoms with Crippen molar-refractivity contribution < 1.29 is 22.6 Å². The van der Waals surface area contributed by atoms with Crippen LogP contribution in [0.3, 0.4) is 0 Å². The molecule has 0 aliphatic heterocycles. The fourth-order valence-corrected chi connectivity index (χ4v) is 1.27. The molecule has 17 heavy (non-hydrogen) atoms. The lowest BCUT2D eigenvalue weighted by molar-refractivity contribution is -0.274. The number of ether oxygens (including phenoxy) is 2. The molecule has 0 heterocycles. The molecule has 0 spiro atoms. The molecule has 0 saturated carbocycles. The van der Waals surface area contributed by atoms with Crippen LogP contribution in [0, 0.1) is 11.3 Å². The molecule has 1 aromatic rings. The molecule has 0 saturated heterocycles. The lowest BCUT2D eigenvalue weighted by Gasteiger charge is -2.12. The minimum Gasteiger partial charge on any atom is -0.494 e. The summed E-state index contributed by atoms with van der Waals surface area (Å²) in [6.45, 7) is 2.12. The molecule has 3 nitrogen and oxygen atoms in total. The number of hydrogen-bond acceptors (Lipinski definition) is 3. The Balaban J connectivity index is 2.97. The molecule has 0 fully saturated rings. The third-order valence-corrected chi connectivity index (χ3v) is 1.83. The average molecular weight is 245 g/mol. The fraction of sp³-hybridized carbons (Fsp3) is 0.364. The first-order valence-corrected chi connectivity index (χ1v) is 4.84. The van der Waals surface area contributed by atoms with Gasteiger partial charge in [0.25, 0.3) is 0 Å². The topological polar surface area (TPSA) is 42.2 Å². The van der Waals surface area contributed by atoms with Crippen LogP contribution in [0.5, 0.6) is 11.5 Å². The Morgan fingerprint density at radius 1 is 1.35 bits per heavy atom. The summed E-state index contributed by atoms with van der Waals surface area (Å²) in [5.74, 6) is 0.0368. The van der Waals surface area contributed by atoms with Gasteiger partial charge >= 0.3 is 6.36 Å². The second-order valence-electron chi connectivity index (χ2n) is 3.09. The second-order valence-corrected chi connectivity index (χ2v) is 3.09. The van der Waals surface area contributed by atoms with E-state index in [2.05, 4.69) is 4.74 Å². The van der Waals surface area contributed by atoms with E-state index in [4.69, 9.17) is 10.00 Å². The van der Waals surface area contributed by atoms with Crippen LogP contribution in [0.15, 0.2) is 18.2 Å². The molecular formula is C11H10F3NO2. The highest BCUT2D eigenvalue weighted by Gasteiger charge is 2.31. The maximum absolute atomic E-state index is 12.0. The Bertz CT molecular complexity index is 424. The minimum absolute atomic E-state index is 0.0373. The molecule has 1 rings (SSSR count). The summed E-state index contributed by atoms with van der Waals surface area (Å²) in [6, 6.07) is 5.52. The Hall–Kier alpha value is -1.90. The summed E-state index contributed by atoms with van der Waals surface area (Å²) in [7, 11) is 0. The van der Waals surface area contributed by atoms with Crippen molar-refractivity contribution in [3.8, 4) is 17.6 Å². The van der Waals surface area contributed by atoms with E-state index in [0.717, 1.165) is 12.1 Å². The molecule has 0 N–H and O–H groups in total. The van der Waals surface area contributed by atoms with Crippen molar-refractivity contribution >= 4 is 0 Å². The molecule has 6 heteroatoms. The summed E-state index contributed by atoms with van der Waals surface area (Å²) in [5, 5.41) is 8.57. The van der Waals surface area contributed by atoms with Gasteiger partial charge in [-0.05, 0) is 25.1 Å². The van der Waals surface area contributed by atoms with E-state index in [-0.39, 0.29) is 12.2 Å². The molecule has 0 aliphatic carbocycles. The van der Waals surface area contributed by atoms with Crippen molar-refractivity contribution in [1.82, 2.24) is 0 Å². The van der Waals surface area contributed by atoms with Crippen LogP contribution in [0.2, 0.25) is 0 Å². The van der Waals surface area contributed by atoms with Crippen LogP contribution in [0.1, 0.15) is 12.5 Å². The molecule has 0 unspecified atom stereocenters. The van der Waals surface area contributed by atoms with Gasteiger partial charge in [0.2, 0.25) is 0 Å². The molecular weight excluding hydrogens is 235 g/mol. The first kappa shape index (κ1) is 13.2. The van der Waals surface area contributed by atoms with E-state index in [0.29, 0.717) is 17.9 Å². The summed E-state index contributed by atoms with van der Waals surface area (Å²) in [6.07, 6.45) is -4.78. The number of nitrogens with zero attached hydrogens (tertiary/aromatic N) is 1. The van der Waals surface area contributed by atoms with Gasteiger partial charge < -0.3 is 9.47 Å². The second kappa shape index (κ2) is 5.43. The SMILES string of the molecule is CCOc1ccc(OC(F)(F)F)cc1CC#N. The lowest BCUT2D eigenvalue weighted by Crippen LogP contribution is -2.17. The quantitative estimate of drug-likeness (QED) is 0.818. The number of alkyl halides is 3. The van der Waals surface area contributed by atoms with Crippen molar-refractivity contribution in [3.05, 3.63) is 23.8 Å². The van der Waals surface area contributed by atoms with Gasteiger partial charge in [-0.25, -0.2) is 0 Å². The molecule has 0 amide bonds. The van der Waals surface area contributed by atoms with Gasteiger partial charge in [0, 0.05) is 5.56 Å². The number of nitriles is 1. The summed E-state index contributed by atoms with van der Waals surface area (Å²) < 4.78 is 44.9. The maximum Gasteiger partial charge on any atom is 0.573 e. The van der Waals surface area contributed by atoms with Gasteiger partial charge in [0.1, 0.15) is 11.5 Å². The molecule has 0 radical (unpaired) electrons. The van der Waals surface area contributed by atoms with Crippen molar-refractivity contribution in [3.63, 3.8) is 0 Å². The largest absolute Gasteiger partial charge is 0.573 e. The van der Waals surface area contributed by atoms with Gasteiger partial charge in [-0.15, -0.1) is 13.2 Å². The predicted octanol–water partition coefficient (Wildman–Crippen LogP) is 3.05. The fourth-order valence-electron chi connectivity index (χ4n) is 1.27. The van der Waals surface area contributed by atoms with Crippen LogP contribution in [-0.4, -0.2) is 13.0 Å². The molecule has 0 aromatic heterocycles. The maximum atomic E-state index is 12.0. The van der Waals surface area contributed by atoms with Crippen molar-refractivity contribution in [2.45, 2.75) is 19.7 Å². The standard InChI is InChI=1S/C11H10F3NO2/c1-2-16-10-4-3-9(17-11(12,13)14)7-8(10)5-6-15/h3-4,7H,2,5H2,1H3. The van der Waals surface area contributed by atoms with Gasteiger partial charge in [-0.3, -0.25) is 0 Å². The monoisotopic (exact) mass is 245 g/mol. The number of rotatable bonds is 4. The van der Waals surface area contributed by atoms with Crippen LogP contribution >= 0.6 is 0 Å². The zero-order chi connectivity index (χ0) is 12.9. The molecule has 0 bridgehead atoms. The van der Waals surface area contributed by atoms with Gasteiger partial charge in [0.15, 0.2) is 0 Å². The molecule has 1 aromatic carbocycles. The summed E-state index contributed by atoms with van der Waals surface area (Å²) >= 11 is 0. The van der Waals surface area contributed by atoms with Crippen LogP contribution < -0.4 is 9.47 Å². The Kier molecular flexibility index (Phi) is 4.21. The Labute approximate surface area is 96.4 Å². The minimum atomic E-state index is -4.74. The van der Waals surface area contributed by atoms with E-state index in [1.807, 2.05) is 6.07 Å². The number of hydrogen-bond donors (Lipinski definition) is 0.